The van der Waals surface area contributed by atoms with Crippen molar-refractivity contribution in [2.24, 2.45) is 0 Å². The molecule has 0 unspecified atom stereocenters. The van der Waals surface area contributed by atoms with Crippen LogP contribution in [0.5, 0.6) is 11.5 Å². The summed E-state index contributed by atoms with van der Waals surface area (Å²) in [6.07, 6.45) is 0. The van der Waals surface area contributed by atoms with Crippen LogP contribution in [0.1, 0.15) is 21.5 Å². The van der Waals surface area contributed by atoms with Crippen molar-refractivity contribution in [3.05, 3.63) is 71.3 Å². The lowest BCUT2D eigenvalue weighted by atomic mass is 10.1. The van der Waals surface area contributed by atoms with Gasteiger partial charge in [-0.25, -0.2) is 4.98 Å². The molecular formula is C24H20N2O4. The molecule has 150 valence electrons. The molecule has 2 heterocycles. The van der Waals surface area contributed by atoms with Gasteiger partial charge in [-0.2, -0.15) is 0 Å². The standard InChI is InChI=1S/C24H20N2O4/c1-14-3-6-18(15(2)11-14)24-26-19-13-17(5-8-20(19)30-24)25-23(27)16-4-7-21-22(12-16)29-10-9-28-21/h3-8,11-13H,9-10H2,1-2H3,(H,25,27). The number of carbonyl (C=O) groups excluding carboxylic acids is 1. The van der Waals surface area contributed by atoms with Gasteiger partial charge in [0.1, 0.15) is 18.7 Å². The molecule has 0 saturated heterocycles. The molecule has 0 bridgehead atoms. The van der Waals surface area contributed by atoms with E-state index < -0.39 is 0 Å². The van der Waals surface area contributed by atoms with Crippen molar-refractivity contribution in [2.45, 2.75) is 13.8 Å². The zero-order valence-corrected chi connectivity index (χ0v) is 16.7. The van der Waals surface area contributed by atoms with Crippen LogP contribution in [-0.2, 0) is 0 Å². The molecule has 30 heavy (non-hydrogen) atoms. The maximum Gasteiger partial charge on any atom is 0.255 e. The third-order valence-electron chi connectivity index (χ3n) is 5.06. The number of aromatic nitrogens is 1. The number of rotatable bonds is 3. The van der Waals surface area contributed by atoms with Crippen molar-refractivity contribution >= 4 is 22.7 Å². The fraction of sp³-hybridized carbons (Fsp3) is 0.167. The van der Waals surface area contributed by atoms with Crippen LogP contribution in [-0.4, -0.2) is 24.1 Å². The number of fused-ring (bicyclic) bond motifs is 2. The van der Waals surface area contributed by atoms with Crippen molar-refractivity contribution in [1.29, 1.82) is 0 Å². The van der Waals surface area contributed by atoms with E-state index in [0.717, 1.165) is 11.1 Å². The highest BCUT2D eigenvalue weighted by molar-refractivity contribution is 6.05. The summed E-state index contributed by atoms with van der Waals surface area (Å²) in [5.74, 6) is 1.57. The second-order valence-corrected chi connectivity index (χ2v) is 7.33. The van der Waals surface area contributed by atoms with E-state index in [-0.39, 0.29) is 5.91 Å². The number of oxazole rings is 1. The topological polar surface area (TPSA) is 73.6 Å². The Labute approximate surface area is 173 Å². The molecule has 0 radical (unpaired) electrons. The highest BCUT2D eigenvalue weighted by Crippen LogP contribution is 2.32. The second-order valence-electron chi connectivity index (χ2n) is 7.33. The number of nitrogens with zero attached hydrogens (tertiary/aromatic N) is 1. The van der Waals surface area contributed by atoms with Crippen LogP contribution in [0.15, 0.2) is 59.0 Å². The lowest BCUT2D eigenvalue weighted by molar-refractivity contribution is 0.102. The van der Waals surface area contributed by atoms with Crippen LogP contribution >= 0.6 is 0 Å². The number of anilines is 1. The molecule has 3 aromatic carbocycles. The van der Waals surface area contributed by atoms with E-state index in [1.807, 2.05) is 31.2 Å². The Bertz CT molecular complexity index is 1280. The molecule has 0 fully saturated rings. The first kappa shape index (κ1) is 18.2. The summed E-state index contributed by atoms with van der Waals surface area (Å²) < 4.78 is 17.0. The Kier molecular flexibility index (Phi) is 4.39. The Morgan fingerprint density at radius 1 is 0.933 bits per heavy atom. The van der Waals surface area contributed by atoms with Gasteiger partial charge in [-0.3, -0.25) is 4.79 Å². The van der Waals surface area contributed by atoms with Crippen LogP contribution in [0.4, 0.5) is 5.69 Å². The minimum absolute atomic E-state index is 0.232. The van der Waals surface area contributed by atoms with Gasteiger partial charge in [-0.15, -0.1) is 0 Å². The quantitative estimate of drug-likeness (QED) is 0.516. The van der Waals surface area contributed by atoms with Crippen LogP contribution in [0.2, 0.25) is 0 Å². The average molecular weight is 400 g/mol. The Morgan fingerprint density at radius 2 is 1.77 bits per heavy atom. The summed E-state index contributed by atoms with van der Waals surface area (Å²) in [5.41, 5.74) is 5.74. The molecule has 1 N–H and O–H groups in total. The first-order chi connectivity index (χ1) is 14.6. The summed E-state index contributed by atoms with van der Waals surface area (Å²) >= 11 is 0. The van der Waals surface area contributed by atoms with Gasteiger partial charge in [-0.05, 0) is 61.9 Å². The first-order valence-corrected chi connectivity index (χ1v) is 9.76. The summed E-state index contributed by atoms with van der Waals surface area (Å²) in [7, 11) is 0. The van der Waals surface area contributed by atoms with Gasteiger partial charge in [-0.1, -0.05) is 17.7 Å². The van der Waals surface area contributed by atoms with Gasteiger partial charge in [0, 0.05) is 16.8 Å². The fourth-order valence-electron chi connectivity index (χ4n) is 3.56. The van der Waals surface area contributed by atoms with Gasteiger partial charge in [0.2, 0.25) is 5.89 Å². The third kappa shape index (κ3) is 3.37. The number of carbonyl (C=O) groups is 1. The van der Waals surface area contributed by atoms with Crippen LogP contribution in [0.3, 0.4) is 0 Å². The molecule has 5 rings (SSSR count). The number of nitrogens with one attached hydrogen (secondary N) is 1. The smallest absolute Gasteiger partial charge is 0.255 e. The monoisotopic (exact) mass is 400 g/mol. The van der Waals surface area contributed by atoms with Gasteiger partial charge in [0.15, 0.2) is 17.1 Å². The second kappa shape index (κ2) is 7.22. The number of hydrogen-bond acceptors (Lipinski definition) is 5. The van der Waals surface area contributed by atoms with Gasteiger partial charge in [0.05, 0.1) is 0 Å². The Balaban J connectivity index is 1.40. The van der Waals surface area contributed by atoms with Gasteiger partial charge in [0.25, 0.3) is 5.91 Å². The van der Waals surface area contributed by atoms with Crippen LogP contribution < -0.4 is 14.8 Å². The minimum Gasteiger partial charge on any atom is -0.486 e. The van der Waals surface area contributed by atoms with E-state index in [0.29, 0.717) is 53.0 Å². The van der Waals surface area contributed by atoms with Crippen molar-refractivity contribution in [3.8, 4) is 23.0 Å². The SMILES string of the molecule is Cc1ccc(-c2nc3cc(NC(=O)c4ccc5c(c4)OCCO5)ccc3o2)c(C)c1. The van der Waals surface area contributed by atoms with E-state index in [9.17, 15) is 4.79 Å². The minimum atomic E-state index is -0.232. The first-order valence-electron chi connectivity index (χ1n) is 9.76. The molecular weight excluding hydrogens is 380 g/mol. The molecule has 6 nitrogen and oxygen atoms in total. The van der Waals surface area contributed by atoms with Crippen molar-refractivity contribution in [2.75, 3.05) is 18.5 Å². The maximum absolute atomic E-state index is 12.7. The highest BCUT2D eigenvalue weighted by atomic mass is 16.6. The zero-order chi connectivity index (χ0) is 20.7. The van der Waals surface area contributed by atoms with Crippen LogP contribution in [0.25, 0.3) is 22.6 Å². The average Bonchev–Trinajstić information content (AvgIpc) is 3.16. The van der Waals surface area contributed by atoms with Crippen molar-refractivity contribution < 1.29 is 18.7 Å². The largest absolute Gasteiger partial charge is 0.486 e. The number of ether oxygens (including phenoxy) is 2. The molecule has 0 saturated carbocycles. The zero-order valence-electron chi connectivity index (χ0n) is 16.7. The molecule has 1 aliphatic heterocycles. The third-order valence-corrected chi connectivity index (χ3v) is 5.06. The van der Waals surface area contributed by atoms with Gasteiger partial charge >= 0.3 is 0 Å². The van der Waals surface area contributed by atoms with E-state index >= 15 is 0 Å². The maximum atomic E-state index is 12.7. The number of aryl methyl sites for hydroxylation is 2. The van der Waals surface area contributed by atoms with E-state index in [4.69, 9.17) is 13.9 Å². The van der Waals surface area contributed by atoms with Gasteiger partial charge < -0.3 is 19.2 Å². The Morgan fingerprint density at radius 3 is 2.60 bits per heavy atom. The molecule has 0 spiro atoms. The molecule has 0 atom stereocenters. The van der Waals surface area contributed by atoms with E-state index in [1.165, 1.54) is 5.56 Å². The van der Waals surface area contributed by atoms with Crippen molar-refractivity contribution in [3.63, 3.8) is 0 Å². The van der Waals surface area contributed by atoms with E-state index in [1.54, 1.807) is 24.3 Å². The summed E-state index contributed by atoms with van der Waals surface area (Å²) in [6.45, 7) is 5.08. The summed E-state index contributed by atoms with van der Waals surface area (Å²) in [6, 6.07) is 16.7. The predicted octanol–water partition coefficient (Wildman–Crippen LogP) is 5.14. The molecule has 1 amide bonds. The molecule has 1 aliphatic rings. The van der Waals surface area contributed by atoms with Crippen LogP contribution in [0, 0.1) is 13.8 Å². The fourth-order valence-corrected chi connectivity index (χ4v) is 3.56. The molecule has 4 aromatic rings. The lowest BCUT2D eigenvalue weighted by Gasteiger charge is -2.18. The summed E-state index contributed by atoms with van der Waals surface area (Å²) in [4.78, 5) is 17.3. The number of hydrogen-bond donors (Lipinski definition) is 1. The molecule has 1 aromatic heterocycles. The van der Waals surface area contributed by atoms with E-state index in [2.05, 4.69) is 23.3 Å². The predicted molar refractivity (Wildman–Crippen MR) is 114 cm³/mol. The molecule has 6 heteroatoms. The Hall–Kier alpha value is -3.80. The lowest BCUT2D eigenvalue weighted by Crippen LogP contribution is -2.17. The van der Waals surface area contributed by atoms with Crippen molar-refractivity contribution in [1.82, 2.24) is 4.98 Å². The molecule has 0 aliphatic carbocycles. The highest BCUT2D eigenvalue weighted by Gasteiger charge is 2.16. The number of amides is 1. The summed E-state index contributed by atoms with van der Waals surface area (Å²) in [5, 5.41) is 2.91. The number of benzene rings is 3. The normalized spacial score (nSPS) is 12.7.